The van der Waals surface area contributed by atoms with Crippen LogP contribution in [-0.2, 0) is 4.79 Å². The molecule has 0 aromatic rings. The lowest BCUT2D eigenvalue weighted by atomic mass is 10.1. The molecule has 1 fully saturated rings. The number of hydrogen-bond donors (Lipinski definition) is 1. The molecule has 0 bridgehead atoms. The van der Waals surface area contributed by atoms with Crippen molar-refractivity contribution in [3.05, 3.63) is 12.7 Å². The fourth-order valence-electron chi connectivity index (χ4n) is 1.43. The van der Waals surface area contributed by atoms with E-state index in [1.807, 2.05) is 6.08 Å². The van der Waals surface area contributed by atoms with E-state index in [2.05, 4.69) is 11.9 Å². The minimum atomic E-state index is 0.203. The van der Waals surface area contributed by atoms with Crippen LogP contribution in [0.3, 0.4) is 0 Å². The minimum absolute atomic E-state index is 0.203. The van der Waals surface area contributed by atoms with Crippen molar-refractivity contribution in [3.8, 4) is 0 Å². The van der Waals surface area contributed by atoms with Crippen LogP contribution in [0.2, 0.25) is 0 Å². The van der Waals surface area contributed by atoms with Crippen LogP contribution in [0.25, 0.3) is 0 Å². The predicted octanol–water partition coefficient (Wildman–Crippen LogP) is 1.62. The third kappa shape index (κ3) is 2.74. The highest BCUT2D eigenvalue weighted by Crippen LogP contribution is 2.11. The van der Waals surface area contributed by atoms with E-state index in [1.54, 1.807) is 0 Å². The molecular formula is C9H15NO. The SMILES string of the molecule is C=CCC1CCCCC(=O)N1. The van der Waals surface area contributed by atoms with Gasteiger partial charge in [0.2, 0.25) is 5.91 Å². The van der Waals surface area contributed by atoms with Crippen molar-refractivity contribution in [2.45, 2.75) is 38.1 Å². The van der Waals surface area contributed by atoms with Gasteiger partial charge in [-0.25, -0.2) is 0 Å². The van der Waals surface area contributed by atoms with Gasteiger partial charge in [-0.2, -0.15) is 0 Å². The zero-order chi connectivity index (χ0) is 8.10. The molecule has 0 saturated carbocycles. The van der Waals surface area contributed by atoms with Gasteiger partial charge in [0, 0.05) is 12.5 Å². The summed E-state index contributed by atoms with van der Waals surface area (Å²) < 4.78 is 0. The number of amides is 1. The molecule has 0 spiro atoms. The van der Waals surface area contributed by atoms with Crippen LogP contribution < -0.4 is 5.32 Å². The van der Waals surface area contributed by atoms with E-state index in [-0.39, 0.29) is 5.91 Å². The van der Waals surface area contributed by atoms with Crippen molar-refractivity contribution in [3.63, 3.8) is 0 Å². The molecule has 62 valence electrons. The fraction of sp³-hybridized carbons (Fsp3) is 0.667. The van der Waals surface area contributed by atoms with Gasteiger partial charge in [-0.1, -0.05) is 12.5 Å². The summed E-state index contributed by atoms with van der Waals surface area (Å²) in [7, 11) is 0. The summed E-state index contributed by atoms with van der Waals surface area (Å²) in [5.74, 6) is 0.203. The largest absolute Gasteiger partial charge is 0.353 e. The molecule has 0 aromatic heterocycles. The first-order chi connectivity index (χ1) is 5.33. The summed E-state index contributed by atoms with van der Waals surface area (Å²) in [5, 5.41) is 2.97. The molecule has 1 atom stereocenters. The van der Waals surface area contributed by atoms with Crippen molar-refractivity contribution in [1.82, 2.24) is 5.32 Å². The molecule has 1 amide bonds. The molecular weight excluding hydrogens is 138 g/mol. The molecule has 1 saturated heterocycles. The van der Waals surface area contributed by atoms with Gasteiger partial charge >= 0.3 is 0 Å². The molecule has 0 aliphatic carbocycles. The van der Waals surface area contributed by atoms with Gasteiger partial charge in [-0.3, -0.25) is 4.79 Å². The van der Waals surface area contributed by atoms with Gasteiger partial charge in [0.25, 0.3) is 0 Å². The van der Waals surface area contributed by atoms with Crippen molar-refractivity contribution in [2.24, 2.45) is 0 Å². The Morgan fingerprint density at radius 3 is 3.18 bits per heavy atom. The van der Waals surface area contributed by atoms with Gasteiger partial charge in [-0.15, -0.1) is 6.58 Å². The van der Waals surface area contributed by atoms with Gasteiger partial charge < -0.3 is 5.32 Å². The molecule has 1 aliphatic heterocycles. The van der Waals surface area contributed by atoms with Crippen molar-refractivity contribution in [1.29, 1.82) is 0 Å². The summed E-state index contributed by atoms with van der Waals surface area (Å²) in [6.07, 6.45) is 6.80. The Labute approximate surface area is 67.7 Å². The first kappa shape index (κ1) is 8.31. The van der Waals surface area contributed by atoms with Crippen LogP contribution in [-0.4, -0.2) is 11.9 Å². The predicted molar refractivity (Wildman–Crippen MR) is 45.2 cm³/mol. The third-order valence-corrected chi connectivity index (χ3v) is 2.02. The third-order valence-electron chi connectivity index (χ3n) is 2.02. The van der Waals surface area contributed by atoms with E-state index in [0.717, 1.165) is 25.7 Å². The van der Waals surface area contributed by atoms with E-state index in [0.29, 0.717) is 12.5 Å². The highest BCUT2D eigenvalue weighted by molar-refractivity contribution is 5.76. The second-order valence-corrected chi connectivity index (χ2v) is 3.03. The summed E-state index contributed by atoms with van der Waals surface area (Å²) >= 11 is 0. The molecule has 1 rings (SSSR count). The van der Waals surface area contributed by atoms with Gasteiger partial charge in [-0.05, 0) is 19.3 Å². The lowest BCUT2D eigenvalue weighted by molar-refractivity contribution is -0.121. The van der Waals surface area contributed by atoms with Crippen LogP contribution in [0.15, 0.2) is 12.7 Å². The Bertz CT molecular complexity index is 154. The first-order valence-corrected chi connectivity index (χ1v) is 4.23. The van der Waals surface area contributed by atoms with Gasteiger partial charge in [0.05, 0.1) is 0 Å². The standard InChI is InChI=1S/C9H15NO/c1-2-5-8-6-3-4-7-9(11)10-8/h2,8H,1,3-7H2,(H,10,11). The molecule has 1 unspecified atom stereocenters. The normalized spacial score (nSPS) is 25.5. The monoisotopic (exact) mass is 153 g/mol. The molecule has 2 heteroatoms. The zero-order valence-electron chi connectivity index (χ0n) is 6.81. The summed E-state index contributed by atoms with van der Waals surface area (Å²) in [4.78, 5) is 11.0. The topological polar surface area (TPSA) is 29.1 Å². The van der Waals surface area contributed by atoms with E-state index < -0.39 is 0 Å². The maximum absolute atomic E-state index is 11.0. The molecule has 2 nitrogen and oxygen atoms in total. The molecule has 1 heterocycles. The highest BCUT2D eigenvalue weighted by atomic mass is 16.1. The molecule has 1 aliphatic rings. The van der Waals surface area contributed by atoms with E-state index >= 15 is 0 Å². The Kier molecular flexibility index (Phi) is 3.14. The molecule has 0 aromatic carbocycles. The number of hydrogen-bond acceptors (Lipinski definition) is 1. The fourth-order valence-corrected chi connectivity index (χ4v) is 1.43. The van der Waals surface area contributed by atoms with Crippen LogP contribution in [0.4, 0.5) is 0 Å². The summed E-state index contributed by atoms with van der Waals surface area (Å²) in [6, 6.07) is 0.350. The quantitative estimate of drug-likeness (QED) is 0.600. The number of rotatable bonds is 2. The number of nitrogens with one attached hydrogen (secondary N) is 1. The van der Waals surface area contributed by atoms with Crippen molar-refractivity contribution >= 4 is 5.91 Å². The second kappa shape index (κ2) is 4.16. The molecule has 1 N–H and O–H groups in total. The average Bonchev–Trinajstić information content (AvgIpc) is 2.15. The van der Waals surface area contributed by atoms with Gasteiger partial charge in [0.15, 0.2) is 0 Å². The van der Waals surface area contributed by atoms with Crippen LogP contribution in [0.1, 0.15) is 32.1 Å². The van der Waals surface area contributed by atoms with Crippen LogP contribution in [0, 0.1) is 0 Å². The lowest BCUT2D eigenvalue weighted by Gasteiger charge is -2.12. The minimum Gasteiger partial charge on any atom is -0.353 e. The number of carbonyl (C=O) groups excluding carboxylic acids is 1. The van der Waals surface area contributed by atoms with Crippen molar-refractivity contribution < 1.29 is 4.79 Å². The second-order valence-electron chi connectivity index (χ2n) is 3.03. The maximum Gasteiger partial charge on any atom is 0.220 e. The van der Waals surface area contributed by atoms with Crippen LogP contribution >= 0.6 is 0 Å². The summed E-state index contributed by atoms with van der Waals surface area (Å²) in [5.41, 5.74) is 0. The van der Waals surface area contributed by atoms with Gasteiger partial charge in [0.1, 0.15) is 0 Å². The zero-order valence-corrected chi connectivity index (χ0v) is 6.81. The summed E-state index contributed by atoms with van der Waals surface area (Å²) in [6.45, 7) is 3.66. The van der Waals surface area contributed by atoms with E-state index in [4.69, 9.17) is 0 Å². The van der Waals surface area contributed by atoms with E-state index in [9.17, 15) is 4.79 Å². The average molecular weight is 153 g/mol. The first-order valence-electron chi connectivity index (χ1n) is 4.23. The Morgan fingerprint density at radius 2 is 2.45 bits per heavy atom. The Morgan fingerprint density at radius 1 is 1.64 bits per heavy atom. The maximum atomic E-state index is 11.0. The lowest BCUT2D eigenvalue weighted by Crippen LogP contribution is -2.32. The smallest absolute Gasteiger partial charge is 0.220 e. The van der Waals surface area contributed by atoms with Crippen LogP contribution in [0.5, 0.6) is 0 Å². The van der Waals surface area contributed by atoms with E-state index in [1.165, 1.54) is 0 Å². The molecule has 0 radical (unpaired) electrons. The Hall–Kier alpha value is -0.790. The molecule has 11 heavy (non-hydrogen) atoms. The number of carbonyl (C=O) groups is 1. The highest BCUT2D eigenvalue weighted by Gasteiger charge is 2.13. The Balaban J connectivity index is 2.38. The van der Waals surface area contributed by atoms with Crippen molar-refractivity contribution in [2.75, 3.05) is 0 Å².